The van der Waals surface area contributed by atoms with Crippen molar-refractivity contribution in [2.45, 2.75) is 45.6 Å². The molecule has 0 saturated carbocycles. The van der Waals surface area contributed by atoms with Gasteiger partial charge in [-0.25, -0.2) is 0 Å². The second-order valence-electron chi connectivity index (χ2n) is 7.50. The van der Waals surface area contributed by atoms with Crippen LogP contribution in [0.1, 0.15) is 38.7 Å². The Bertz CT molecular complexity index is 577. The first-order valence-electron chi connectivity index (χ1n) is 9.16. The Hall–Kier alpha value is -1.84. The first-order valence-corrected chi connectivity index (χ1v) is 9.16. The van der Waals surface area contributed by atoms with Crippen LogP contribution >= 0.6 is 0 Å². The number of hydrogen-bond acceptors (Lipinski definition) is 2. The lowest BCUT2D eigenvalue weighted by molar-refractivity contribution is -0.137. The molecule has 0 unspecified atom stereocenters. The van der Waals surface area contributed by atoms with Gasteiger partial charge < -0.3 is 9.80 Å². The number of benzene rings is 1. The Morgan fingerprint density at radius 3 is 2.42 bits per heavy atom. The van der Waals surface area contributed by atoms with Crippen LogP contribution in [-0.2, 0) is 16.0 Å². The summed E-state index contributed by atoms with van der Waals surface area (Å²) in [6.07, 6.45) is 3.62. The number of carbonyl (C=O) groups is 2. The van der Waals surface area contributed by atoms with Crippen molar-refractivity contribution in [3.8, 4) is 0 Å². The molecule has 0 aliphatic carbocycles. The van der Waals surface area contributed by atoms with Crippen molar-refractivity contribution >= 4 is 11.8 Å². The van der Waals surface area contributed by atoms with Crippen LogP contribution in [0.2, 0.25) is 0 Å². The molecule has 4 heteroatoms. The molecule has 4 nitrogen and oxygen atoms in total. The Labute approximate surface area is 144 Å². The highest BCUT2D eigenvalue weighted by atomic mass is 16.2. The molecule has 1 atom stereocenters. The molecule has 2 fully saturated rings. The molecular weight excluding hydrogens is 300 g/mol. The fourth-order valence-electron chi connectivity index (χ4n) is 3.96. The van der Waals surface area contributed by atoms with Crippen LogP contribution in [0.25, 0.3) is 0 Å². The van der Waals surface area contributed by atoms with E-state index in [4.69, 9.17) is 0 Å². The lowest BCUT2D eigenvalue weighted by Crippen LogP contribution is -2.43. The number of piperidine rings is 1. The molecule has 1 aromatic rings. The van der Waals surface area contributed by atoms with Crippen LogP contribution in [0.15, 0.2) is 30.3 Å². The smallest absolute Gasteiger partial charge is 0.227 e. The summed E-state index contributed by atoms with van der Waals surface area (Å²) in [5, 5.41) is 0. The van der Waals surface area contributed by atoms with Gasteiger partial charge >= 0.3 is 0 Å². The van der Waals surface area contributed by atoms with Crippen LogP contribution in [0, 0.1) is 11.8 Å². The van der Waals surface area contributed by atoms with Crippen molar-refractivity contribution < 1.29 is 9.59 Å². The Kier molecular flexibility index (Phi) is 5.22. The van der Waals surface area contributed by atoms with E-state index in [2.05, 4.69) is 24.3 Å². The molecular formula is C20H28N2O2. The second kappa shape index (κ2) is 7.37. The van der Waals surface area contributed by atoms with Gasteiger partial charge in [-0.05, 0) is 44.6 Å². The zero-order valence-electron chi connectivity index (χ0n) is 14.8. The molecule has 24 heavy (non-hydrogen) atoms. The number of carbonyl (C=O) groups excluding carboxylic acids is 2. The van der Waals surface area contributed by atoms with Crippen LogP contribution in [0.5, 0.6) is 0 Å². The van der Waals surface area contributed by atoms with Crippen LogP contribution in [-0.4, -0.2) is 47.3 Å². The van der Waals surface area contributed by atoms with Gasteiger partial charge in [-0.3, -0.25) is 9.59 Å². The predicted molar refractivity (Wildman–Crippen MR) is 94.4 cm³/mol. The summed E-state index contributed by atoms with van der Waals surface area (Å²) >= 11 is 0. The van der Waals surface area contributed by atoms with E-state index in [-0.39, 0.29) is 23.8 Å². The highest BCUT2D eigenvalue weighted by Gasteiger charge is 2.38. The molecule has 130 valence electrons. The SMILES string of the molecule is CC(C)N1C[C@H](C(=O)N2CCC(Cc3ccccc3)CC2)CC1=O. The third-order valence-corrected chi connectivity index (χ3v) is 5.42. The summed E-state index contributed by atoms with van der Waals surface area (Å²) < 4.78 is 0. The van der Waals surface area contributed by atoms with E-state index in [0.29, 0.717) is 18.9 Å². The number of likely N-dealkylation sites (tertiary alicyclic amines) is 2. The van der Waals surface area contributed by atoms with Gasteiger partial charge in [0, 0.05) is 32.1 Å². The Morgan fingerprint density at radius 1 is 1.17 bits per heavy atom. The van der Waals surface area contributed by atoms with Gasteiger partial charge in [0.1, 0.15) is 0 Å². The van der Waals surface area contributed by atoms with Gasteiger partial charge in [0.15, 0.2) is 0 Å². The minimum Gasteiger partial charge on any atom is -0.342 e. The lowest BCUT2D eigenvalue weighted by Gasteiger charge is -2.33. The first-order chi connectivity index (χ1) is 11.5. The highest BCUT2D eigenvalue weighted by molar-refractivity contribution is 5.89. The quantitative estimate of drug-likeness (QED) is 0.853. The number of rotatable bonds is 4. The molecule has 2 aliphatic rings. The molecule has 1 aromatic carbocycles. The third-order valence-electron chi connectivity index (χ3n) is 5.42. The summed E-state index contributed by atoms with van der Waals surface area (Å²) in [4.78, 5) is 28.6. The largest absolute Gasteiger partial charge is 0.342 e. The summed E-state index contributed by atoms with van der Waals surface area (Å²) in [5.41, 5.74) is 1.39. The van der Waals surface area contributed by atoms with Crippen molar-refractivity contribution in [1.29, 1.82) is 0 Å². The molecule has 2 saturated heterocycles. The van der Waals surface area contributed by atoms with Crippen molar-refractivity contribution in [3.63, 3.8) is 0 Å². The predicted octanol–water partition coefficient (Wildman–Crippen LogP) is 2.72. The van der Waals surface area contributed by atoms with E-state index in [9.17, 15) is 9.59 Å². The van der Waals surface area contributed by atoms with E-state index in [1.165, 1.54) is 5.56 Å². The van der Waals surface area contributed by atoms with Gasteiger partial charge in [-0.1, -0.05) is 30.3 Å². The Morgan fingerprint density at radius 2 is 1.83 bits per heavy atom. The molecule has 0 N–H and O–H groups in total. The summed E-state index contributed by atoms with van der Waals surface area (Å²) in [5.74, 6) is 0.839. The van der Waals surface area contributed by atoms with Crippen LogP contribution in [0.3, 0.4) is 0 Å². The fraction of sp³-hybridized carbons (Fsp3) is 0.600. The molecule has 2 heterocycles. The minimum absolute atomic E-state index is 0.127. The summed E-state index contributed by atoms with van der Waals surface area (Å²) in [7, 11) is 0. The fourth-order valence-corrected chi connectivity index (χ4v) is 3.96. The maximum atomic E-state index is 12.7. The average molecular weight is 328 g/mol. The van der Waals surface area contributed by atoms with E-state index >= 15 is 0 Å². The van der Waals surface area contributed by atoms with Crippen LogP contribution < -0.4 is 0 Å². The number of hydrogen-bond donors (Lipinski definition) is 0. The molecule has 0 bridgehead atoms. The minimum atomic E-state index is -0.134. The van der Waals surface area contributed by atoms with Gasteiger partial charge in [0.2, 0.25) is 11.8 Å². The standard InChI is InChI=1S/C20H28N2O2/c1-15(2)22-14-18(13-19(22)23)20(24)21-10-8-17(9-11-21)12-16-6-4-3-5-7-16/h3-7,15,17-18H,8-14H2,1-2H3/t18-/m1/s1. The van der Waals surface area contributed by atoms with E-state index < -0.39 is 0 Å². The van der Waals surface area contributed by atoms with Crippen LogP contribution in [0.4, 0.5) is 0 Å². The molecule has 0 aromatic heterocycles. The van der Waals surface area contributed by atoms with E-state index in [1.54, 1.807) is 0 Å². The van der Waals surface area contributed by atoms with Gasteiger partial charge in [0.25, 0.3) is 0 Å². The topological polar surface area (TPSA) is 40.6 Å². The normalized spacial score (nSPS) is 22.5. The molecule has 2 aliphatic heterocycles. The monoisotopic (exact) mass is 328 g/mol. The number of nitrogens with zero attached hydrogens (tertiary/aromatic N) is 2. The lowest BCUT2D eigenvalue weighted by atomic mass is 9.89. The summed E-state index contributed by atoms with van der Waals surface area (Å²) in [6.45, 7) is 6.30. The molecule has 0 radical (unpaired) electrons. The summed E-state index contributed by atoms with van der Waals surface area (Å²) in [6, 6.07) is 10.8. The van der Waals surface area contributed by atoms with Crippen molar-refractivity contribution in [3.05, 3.63) is 35.9 Å². The van der Waals surface area contributed by atoms with Gasteiger partial charge in [-0.15, -0.1) is 0 Å². The maximum Gasteiger partial charge on any atom is 0.227 e. The number of amides is 2. The zero-order chi connectivity index (χ0) is 17.1. The van der Waals surface area contributed by atoms with Gasteiger partial charge in [0.05, 0.1) is 5.92 Å². The van der Waals surface area contributed by atoms with Crippen molar-refractivity contribution in [2.75, 3.05) is 19.6 Å². The molecule has 3 rings (SSSR count). The van der Waals surface area contributed by atoms with E-state index in [1.807, 2.05) is 29.7 Å². The molecule has 0 spiro atoms. The second-order valence-corrected chi connectivity index (χ2v) is 7.50. The van der Waals surface area contributed by atoms with Gasteiger partial charge in [-0.2, -0.15) is 0 Å². The first kappa shape index (κ1) is 17.0. The highest BCUT2D eigenvalue weighted by Crippen LogP contribution is 2.26. The maximum absolute atomic E-state index is 12.7. The third kappa shape index (κ3) is 3.80. The van der Waals surface area contributed by atoms with E-state index in [0.717, 1.165) is 32.4 Å². The Balaban J connectivity index is 1.50. The van der Waals surface area contributed by atoms with Crippen molar-refractivity contribution in [2.24, 2.45) is 11.8 Å². The zero-order valence-corrected chi connectivity index (χ0v) is 14.8. The average Bonchev–Trinajstić information content (AvgIpc) is 2.98. The van der Waals surface area contributed by atoms with Crippen molar-refractivity contribution in [1.82, 2.24) is 9.80 Å². The molecule has 2 amide bonds.